The Kier molecular flexibility index (Phi) is 1.82. The molecule has 4 nitrogen and oxygen atoms in total. The summed E-state index contributed by atoms with van der Waals surface area (Å²) < 4.78 is 0. The number of carbonyl (C=O) groups excluding carboxylic acids is 1. The monoisotopic (exact) mass is 159 g/mol. The van der Waals surface area contributed by atoms with E-state index in [-0.39, 0.29) is 5.17 Å². The van der Waals surface area contributed by atoms with Gasteiger partial charge in [0.1, 0.15) is 17.0 Å². The van der Waals surface area contributed by atoms with Crippen LogP contribution in [0.5, 0.6) is 0 Å². The third-order valence-corrected chi connectivity index (χ3v) is 1.38. The molecule has 0 aromatic heterocycles. The van der Waals surface area contributed by atoms with Gasteiger partial charge < -0.3 is 5.73 Å². The lowest BCUT2D eigenvalue weighted by Crippen LogP contribution is -2.38. The predicted octanol–water partition coefficient (Wildman–Crippen LogP) is -0.0904. The molecule has 5 heteroatoms. The van der Waals surface area contributed by atoms with Gasteiger partial charge in [-0.15, -0.1) is 0 Å². The molecule has 1 aliphatic rings. The maximum absolute atomic E-state index is 10.7. The number of hydrogen-bond donors (Lipinski definition) is 1. The van der Waals surface area contributed by atoms with E-state index in [1.807, 2.05) is 0 Å². The molecule has 0 radical (unpaired) electrons. The van der Waals surface area contributed by atoms with Crippen molar-refractivity contribution in [3.63, 3.8) is 0 Å². The molecule has 0 aromatic carbocycles. The minimum atomic E-state index is -0.856. The second-order valence-electron chi connectivity index (χ2n) is 1.91. The summed E-state index contributed by atoms with van der Waals surface area (Å²) in [4.78, 5) is 17.9. The molecule has 0 aromatic rings. The third kappa shape index (κ3) is 1.22. The van der Waals surface area contributed by atoms with Crippen molar-refractivity contribution in [1.82, 2.24) is 0 Å². The molecular weight excluding hydrogens is 154 g/mol. The summed E-state index contributed by atoms with van der Waals surface area (Å²) in [7, 11) is 0. The standard InChI is InChI=1S/C5H6ClN3O/c1-2-8-4(6)3(7)5(10)9-2/h3H,7H2,1H3. The summed E-state index contributed by atoms with van der Waals surface area (Å²) in [5, 5.41) is 0.109. The van der Waals surface area contributed by atoms with E-state index >= 15 is 0 Å². The predicted molar refractivity (Wildman–Crippen MR) is 39.4 cm³/mol. The van der Waals surface area contributed by atoms with E-state index in [2.05, 4.69) is 9.98 Å². The number of nitrogens with two attached hydrogens (primary N) is 1. The van der Waals surface area contributed by atoms with Crippen LogP contribution in [0.2, 0.25) is 0 Å². The summed E-state index contributed by atoms with van der Waals surface area (Å²) >= 11 is 5.48. The number of nitrogens with zero attached hydrogens (tertiary/aromatic N) is 2. The molecule has 0 fully saturated rings. The topological polar surface area (TPSA) is 67.8 Å². The summed E-state index contributed by atoms with van der Waals surface area (Å²) in [6.07, 6.45) is 0. The quantitative estimate of drug-likeness (QED) is 0.537. The van der Waals surface area contributed by atoms with Crippen molar-refractivity contribution in [2.24, 2.45) is 15.7 Å². The Morgan fingerprint density at radius 1 is 1.60 bits per heavy atom. The van der Waals surface area contributed by atoms with Crippen LogP contribution in [0, 0.1) is 0 Å². The van der Waals surface area contributed by atoms with E-state index in [4.69, 9.17) is 17.3 Å². The Balaban J connectivity index is 2.95. The molecular formula is C5H6ClN3O. The van der Waals surface area contributed by atoms with Crippen molar-refractivity contribution < 1.29 is 4.79 Å². The average Bonchev–Trinajstić information content (AvgIpc) is 1.82. The highest BCUT2D eigenvalue weighted by molar-refractivity contribution is 6.69. The molecule has 1 rings (SSSR count). The molecule has 0 saturated carbocycles. The zero-order chi connectivity index (χ0) is 7.72. The molecule has 54 valence electrons. The van der Waals surface area contributed by atoms with Crippen molar-refractivity contribution in [3.8, 4) is 0 Å². The van der Waals surface area contributed by atoms with Gasteiger partial charge in [0.05, 0.1) is 0 Å². The first-order valence-corrected chi connectivity index (χ1v) is 3.08. The third-order valence-electron chi connectivity index (χ3n) is 1.06. The van der Waals surface area contributed by atoms with E-state index < -0.39 is 11.9 Å². The Hall–Kier alpha value is -0.740. The van der Waals surface area contributed by atoms with Crippen LogP contribution in [0.25, 0.3) is 0 Å². The number of aliphatic imine (C=N–C) groups is 2. The molecule has 0 spiro atoms. The van der Waals surface area contributed by atoms with Gasteiger partial charge in [0.2, 0.25) is 0 Å². The first-order valence-electron chi connectivity index (χ1n) is 2.70. The Bertz CT molecular complexity index is 233. The molecule has 0 saturated heterocycles. The van der Waals surface area contributed by atoms with Gasteiger partial charge in [0, 0.05) is 0 Å². The summed E-state index contributed by atoms with van der Waals surface area (Å²) in [5.74, 6) is -0.0748. The molecule has 1 heterocycles. The summed E-state index contributed by atoms with van der Waals surface area (Å²) in [5.41, 5.74) is 5.26. The van der Waals surface area contributed by atoms with Gasteiger partial charge in [-0.2, -0.15) is 4.99 Å². The number of hydrogen-bond acceptors (Lipinski definition) is 3. The summed E-state index contributed by atoms with van der Waals surface area (Å²) in [6.45, 7) is 1.59. The maximum Gasteiger partial charge on any atom is 0.271 e. The number of amides is 1. The van der Waals surface area contributed by atoms with Gasteiger partial charge >= 0.3 is 0 Å². The minimum absolute atomic E-state index is 0.109. The zero-order valence-electron chi connectivity index (χ0n) is 5.34. The highest BCUT2D eigenvalue weighted by Crippen LogP contribution is 2.02. The Morgan fingerprint density at radius 3 is 2.70 bits per heavy atom. The molecule has 1 unspecified atom stereocenters. The van der Waals surface area contributed by atoms with Crippen LogP contribution in [-0.4, -0.2) is 23.0 Å². The highest BCUT2D eigenvalue weighted by atomic mass is 35.5. The Labute approximate surface area is 62.8 Å². The van der Waals surface area contributed by atoms with Crippen molar-refractivity contribution >= 4 is 28.5 Å². The largest absolute Gasteiger partial charge is 0.314 e. The fourth-order valence-electron chi connectivity index (χ4n) is 0.580. The van der Waals surface area contributed by atoms with Crippen molar-refractivity contribution in [1.29, 1.82) is 0 Å². The normalized spacial score (nSPS) is 25.9. The van der Waals surface area contributed by atoms with Gasteiger partial charge in [-0.25, -0.2) is 4.99 Å². The SMILES string of the molecule is CC1=NC(=O)C(N)C(Cl)=N1. The molecule has 0 aliphatic carbocycles. The Morgan fingerprint density at radius 2 is 2.20 bits per heavy atom. The van der Waals surface area contributed by atoms with Crippen molar-refractivity contribution in [3.05, 3.63) is 0 Å². The maximum atomic E-state index is 10.7. The number of carbonyl (C=O) groups is 1. The van der Waals surface area contributed by atoms with Crippen LogP contribution in [0.3, 0.4) is 0 Å². The van der Waals surface area contributed by atoms with Gasteiger partial charge in [-0.05, 0) is 6.92 Å². The minimum Gasteiger partial charge on any atom is -0.314 e. The lowest BCUT2D eigenvalue weighted by atomic mass is 10.3. The number of halogens is 1. The van der Waals surface area contributed by atoms with E-state index in [1.165, 1.54) is 0 Å². The van der Waals surface area contributed by atoms with E-state index in [1.54, 1.807) is 6.92 Å². The molecule has 2 N–H and O–H groups in total. The van der Waals surface area contributed by atoms with Crippen LogP contribution in [0.4, 0.5) is 0 Å². The first-order chi connectivity index (χ1) is 4.61. The fourth-order valence-corrected chi connectivity index (χ4v) is 0.796. The molecule has 1 aliphatic heterocycles. The molecule has 0 bridgehead atoms. The first kappa shape index (κ1) is 7.37. The van der Waals surface area contributed by atoms with Crippen LogP contribution >= 0.6 is 11.6 Å². The second kappa shape index (κ2) is 2.48. The van der Waals surface area contributed by atoms with Crippen LogP contribution in [-0.2, 0) is 4.79 Å². The summed E-state index contributed by atoms with van der Waals surface area (Å²) in [6, 6.07) is -0.856. The second-order valence-corrected chi connectivity index (χ2v) is 2.30. The van der Waals surface area contributed by atoms with Gasteiger partial charge in [0.15, 0.2) is 0 Å². The van der Waals surface area contributed by atoms with Crippen LogP contribution < -0.4 is 5.73 Å². The lowest BCUT2D eigenvalue weighted by Gasteiger charge is -2.09. The lowest BCUT2D eigenvalue weighted by molar-refractivity contribution is -0.117. The molecule has 1 amide bonds. The molecule has 10 heavy (non-hydrogen) atoms. The van der Waals surface area contributed by atoms with Crippen LogP contribution in [0.1, 0.15) is 6.92 Å². The molecule has 1 atom stereocenters. The smallest absolute Gasteiger partial charge is 0.271 e. The van der Waals surface area contributed by atoms with E-state index in [0.717, 1.165) is 0 Å². The average molecular weight is 160 g/mol. The van der Waals surface area contributed by atoms with E-state index in [0.29, 0.717) is 5.84 Å². The van der Waals surface area contributed by atoms with Gasteiger partial charge in [-0.1, -0.05) is 11.6 Å². The van der Waals surface area contributed by atoms with Gasteiger partial charge in [0.25, 0.3) is 5.91 Å². The zero-order valence-corrected chi connectivity index (χ0v) is 6.09. The van der Waals surface area contributed by atoms with Crippen molar-refractivity contribution in [2.45, 2.75) is 13.0 Å². The number of amidine groups is 1. The fraction of sp³-hybridized carbons (Fsp3) is 0.400. The van der Waals surface area contributed by atoms with Gasteiger partial charge in [-0.3, -0.25) is 4.79 Å². The van der Waals surface area contributed by atoms with Crippen LogP contribution in [0.15, 0.2) is 9.98 Å². The van der Waals surface area contributed by atoms with E-state index in [9.17, 15) is 4.79 Å². The van der Waals surface area contributed by atoms with Crippen molar-refractivity contribution in [2.75, 3.05) is 0 Å². The number of rotatable bonds is 0. The highest BCUT2D eigenvalue weighted by Gasteiger charge is 2.21.